The van der Waals surface area contributed by atoms with Crippen LogP contribution in [0.4, 0.5) is 5.69 Å². The fourth-order valence-corrected chi connectivity index (χ4v) is 1.84. The summed E-state index contributed by atoms with van der Waals surface area (Å²) in [6.07, 6.45) is 0.666. The van der Waals surface area contributed by atoms with Gasteiger partial charge in [0, 0.05) is 15.7 Å². The Morgan fingerprint density at radius 1 is 1.47 bits per heavy atom. The average molecular weight is 329 g/mol. The molecule has 0 heterocycles. The van der Waals surface area contributed by atoms with Crippen LogP contribution >= 0.6 is 15.9 Å². The van der Waals surface area contributed by atoms with E-state index in [4.69, 9.17) is 10.8 Å². The summed E-state index contributed by atoms with van der Waals surface area (Å²) in [7, 11) is 0. The topological polar surface area (TPSA) is 92.4 Å². The van der Waals surface area contributed by atoms with Crippen molar-refractivity contribution in [3.8, 4) is 0 Å². The van der Waals surface area contributed by atoms with Gasteiger partial charge in [-0.2, -0.15) is 0 Å². The van der Waals surface area contributed by atoms with E-state index in [2.05, 4.69) is 21.2 Å². The van der Waals surface area contributed by atoms with E-state index >= 15 is 0 Å². The molecule has 0 spiro atoms. The zero-order chi connectivity index (χ0) is 14.6. The van der Waals surface area contributed by atoms with E-state index in [1.807, 2.05) is 6.92 Å². The van der Waals surface area contributed by atoms with Gasteiger partial charge < -0.3 is 16.2 Å². The number of carboxylic acids is 1. The van der Waals surface area contributed by atoms with Gasteiger partial charge >= 0.3 is 5.97 Å². The monoisotopic (exact) mass is 328 g/mol. The molecular weight excluding hydrogens is 312 g/mol. The van der Waals surface area contributed by atoms with E-state index in [1.165, 1.54) is 6.07 Å². The van der Waals surface area contributed by atoms with E-state index in [-0.39, 0.29) is 5.92 Å². The van der Waals surface area contributed by atoms with Crippen LogP contribution in [0.3, 0.4) is 0 Å². The second kappa shape index (κ2) is 6.56. The van der Waals surface area contributed by atoms with Crippen molar-refractivity contribution in [1.29, 1.82) is 0 Å². The fraction of sp³-hybridized carbons (Fsp3) is 0.385. The maximum atomic E-state index is 12.0. The number of carboxylic acid groups (broad SMARTS) is 1. The van der Waals surface area contributed by atoms with Crippen molar-refractivity contribution in [2.24, 2.45) is 5.92 Å². The van der Waals surface area contributed by atoms with Crippen LogP contribution in [-0.4, -0.2) is 23.0 Å². The first kappa shape index (κ1) is 15.5. The largest absolute Gasteiger partial charge is 0.480 e. The van der Waals surface area contributed by atoms with E-state index in [0.717, 1.165) is 0 Å². The third-order valence-electron chi connectivity index (χ3n) is 3.02. The van der Waals surface area contributed by atoms with Crippen molar-refractivity contribution in [2.75, 3.05) is 5.73 Å². The lowest BCUT2D eigenvalue weighted by atomic mass is 9.99. The number of nitrogens with two attached hydrogens (primary N) is 1. The quantitative estimate of drug-likeness (QED) is 0.723. The number of benzene rings is 1. The standard InChI is InChI=1S/C13H17BrN2O3/c1-3-7(2)11(13(18)19)16-12(17)8-4-5-9(14)10(15)6-8/h4-7,11H,3,15H2,1-2H3,(H,16,17)(H,18,19). The molecule has 1 aromatic rings. The molecule has 104 valence electrons. The van der Waals surface area contributed by atoms with Gasteiger partial charge in [-0.05, 0) is 40.0 Å². The number of nitrogens with one attached hydrogen (secondary N) is 1. The predicted octanol–water partition coefficient (Wildman–Crippen LogP) is 2.26. The summed E-state index contributed by atoms with van der Waals surface area (Å²) in [4.78, 5) is 23.1. The number of hydrogen-bond acceptors (Lipinski definition) is 3. The van der Waals surface area contributed by atoms with Gasteiger partial charge in [0.1, 0.15) is 6.04 Å². The van der Waals surface area contributed by atoms with Crippen LogP contribution in [0.2, 0.25) is 0 Å². The molecule has 0 aliphatic carbocycles. The van der Waals surface area contributed by atoms with Crippen molar-refractivity contribution in [1.82, 2.24) is 5.32 Å². The van der Waals surface area contributed by atoms with Gasteiger partial charge in [0.15, 0.2) is 0 Å². The Morgan fingerprint density at radius 2 is 2.11 bits per heavy atom. The molecule has 19 heavy (non-hydrogen) atoms. The lowest BCUT2D eigenvalue weighted by Crippen LogP contribution is -2.45. The summed E-state index contributed by atoms with van der Waals surface area (Å²) in [6, 6.07) is 3.85. The Kier molecular flexibility index (Phi) is 5.35. The Labute approximate surface area is 120 Å². The van der Waals surface area contributed by atoms with E-state index in [0.29, 0.717) is 22.1 Å². The van der Waals surface area contributed by atoms with E-state index < -0.39 is 17.9 Å². The molecule has 1 amide bonds. The predicted molar refractivity (Wildman–Crippen MR) is 76.9 cm³/mol. The molecule has 0 saturated carbocycles. The highest BCUT2D eigenvalue weighted by Crippen LogP contribution is 2.20. The molecule has 0 bridgehead atoms. The third-order valence-corrected chi connectivity index (χ3v) is 3.75. The number of nitrogen functional groups attached to an aromatic ring is 1. The number of rotatable bonds is 5. The summed E-state index contributed by atoms with van der Waals surface area (Å²) < 4.78 is 0.695. The van der Waals surface area contributed by atoms with Crippen molar-refractivity contribution in [2.45, 2.75) is 26.3 Å². The van der Waals surface area contributed by atoms with Gasteiger partial charge in [0.05, 0.1) is 0 Å². The van der Waals surface area contributed by atoms with Crippen LogP contribution in [0, 0.1) is 5.92 Å². The van der Waals surface area contributed by atoms with Crippen molar-refractivity contribution in [3.63, 3.8) is 0 Å². The summed E-state index contributed by atoms with van der Waals surface area (Å²) >= 11 is 3.24. The highest BCUT2D eigenvalue weighted by atomic mass is 79.9. The maximum Gasteiger partial charge on any atom is 0.326 e. The molecule has 0 aliphatic heterocycles. The zero-order valence-electron chi connectivity index (χ0n) is 10.8. The van der Waals surface area contributed by atoms with Crippen LogP contribution in [0.1, 0.15) is 30.6 Å². The summed E-state index contributed by atoms with van der Waals surface area (Å²) in [5, 5.41) is 11.6. The van der Waals surface area contributed by atoms with Gasteiger partial charge in [-0.3, -0.25) is 4.79 Å². The van der Waals surface area contributed by atoms with Crippen LogP contribution in [0.15, 0.2) is 22.7 Å². The smallest absolute Gasteiger partial charge is 0.326 e. The second-order valence-corrected chi connectivity index (χ2v) is 5.27. The molecule has 2 unspecified atom stereocenters. The third kappa shape index (κ3) is 3.96. The summed E-state index contributed by atoms with van der Waals surface area (Å²) in [5.74, 6) is -1.62. The number of halogens is 1. The molecule has 6 heteroatoms. The molecular formula is C13H17BrN2O3. The Morgan fingerprint density at radius 3 is 2.58 bits per heavy atom. The van der Waals surface area contributed by atoms with Gasteiger partial charge in [-0.15, -0.1) is 0 Å². The average Bonchev–Trinajstić information content (AvgIpc) is 2.37. The van der Waals surface area contributed by atoms with Gasteiger partial charge in [0.2, 0.25) is 0 Å². The molecule has 0 aromatic heterocycles. The highest BCUT2D eigenvalue weighted by molar-refractivity contribution is 9.10. The van der Waals surface area contributed by atoms with Crippen LogP contribution in [0.5, 0.6) is 0 Å². The summed E-state index contributed by atoms with van der Waals surface area (Å²) in [6.45, 7) is 3.67. The van der Waals surface area contributed by atoms with Gasteiger partial charge in [-0.1, -0.05) is 20.3 Å². The normalized spacial score (nSPS) is 13.6. The van der Waals surface area contributed by atoms with Crippen molar-refractivity contribution < 1.29 is 14.7 Å². The van der Waals surface area contributed by atoms with Gasteiger partial charge in [0.25, 0.3) is 5.91 Å². The summed E-state index contributed by atoms with van der Waals surface area (Å²) in [5.41, 5.74) is 6.47. The number of aliphatic carboxylic acids is 1. The molecule has 4 N–H and O–H groups in total. The van der Waals surface area contributed by atoms with Crippen molar-refractivity contribution >= 4 is 33.5 Å². The zero-order valence-corrected chi connectivity index (χ0v) is 12.4. The van der Waals surface area contributed by atoms with Gasteiger partial charge in [-0.25, -0.2) is 4.79 Å². The number of hydrogen-bond donors (Lipinski definition) is 3. The number of carbonyl (C=O) groups excluding carboxylic acids is 1. The van der Waals surface area contributed by atoms with E-state index in [9.17, 15) is 9.59 Å². The first-order valence-electron chi connectivity index (χ1n) is 5.95. The molecule has 5 nitrogen and oxygen atoms in total. The van der Waals surface area contributed by atoms with E-state index in [1.54, 1.807) is 19.1 Å². The molecule has 0 saturated heterocycles. The Hall–Kier alpha value is -1.56. The minimum Gasteiger partial charge on any atom is -0.480 e. The molecule has 0 radical (unpaired) electrons. The number of amides is 1. The molecule has 2 atom stereocenters. The SMILES string of the molecule is CCC(C)C(NC(=O)c1ccc(Br)c(N)c1)C(=O)O. The molecule has 1 aromatic carbocycles. The lowest BCUT2D eigenvalue weighted by molar-refractivity contribution is -0.140. The van der Waals surface area contributed by atoms with Crippen LogP contribution in [-0.2, 0) is 4.79 Å². The lowest BCUT2D eigenvalue weighted by Gasteiger charge is -2.20. The van der Waals surface area contributed by atoms with Crippen molar-refractivity contribution in [3.05, 3.63) is 28.2 Å². The van der Waals surface area contributed by atoms with Crippen LogP contribution < -0.4 is 11.1 Å². The Balaban J connectivity index is 2.87. The second-order valence-electron chi connectivity index (χ2n) is 4.41. The molecule has 0 fully saturated rings. The van der Waals surface area contributed by atoms with Crippen LogP contribution in [0.25, 0.3) is 0 Å². The minimum atomic E-state index is -1.03. The first-order valence-corrected chi connectivity index (χ1v) is 6.74. The number of anilines is 1. The fourth-order valence-electron chi connectivity index (χ4n) is 1.59. The molecule has 1 rings (SSSR count). The molecule has 0 aliphatic rings. The maximum absolute atomic E-state index is 12.0. The first-order chi connectivity index (χ1) is 8.86. The highest BCUT2D eigenvalue weighted by Gasteiger charge is 2.25. The number of carbonyl (C=O) groups is 2. The minimum absolute atomic E-state index is 0.144. The Bertz CT molecular complexity index is 491.